The van der Waals surface area contributed by atoms with E-state index in [9.17, 15) is 9.59 Å². The van der Waals surface area contributed by atoms with Gasteiger partial charge < -0.3 is 23.7 Å². The van der Waals surface area contributed by atoms with Gasteiger partial charge in [0.15, 0.2) is 17.3 Å². The Hall–Kier alpha value is -3.97. The molecule has 0 amide bonds. The lowest BCUT2D eigenvalue weighted by atomic mass is 10.1. The number of carbonyl (C=O) groups excluding carboxylic acids is 2. The van der Waals surface area contributed by atoms with Crippen LogP contribution in [0.2, 0.25) is 5.02 Å². The van der Waals surface area contributed by atoms with Crippen LogP contribution < -0.4 is 23.7 Å². The van der Waals surface area contributed by atoms with E-state index in [0.29, 0.717) is 50.3 Å². The summed E-state index contributed by atoms with van der Waals surface area (Å²) in [5, 5.41) is 0.427. The second-order valence-corrected chi connectivity index (χ2v) is 7.80. The molecule has 1 heterocycles. The summed E-state index contributed by atoms with van der Waals surface area (Å²) in [6.45, 7) is 1.72. The van der Waals surface area contributed by atoms with Crippen LogP contribution in [0.4, 0.5) is 0 Å². The van der Waals surface area contributed by atoms with Crippen molar-refractivity contribution in [1.29, 1.82) is 0 Å². The normalized spacial score (nSPS) is 13.3. The Bertz CT molecular complexity index is 1300. The number of hydrogen-bond acceptors (Lipinski definition) is 7. The maximum Gasteiger partial charge on any atom is 0.343 e. The molecule has 8 heteroatoms. The maximum atomic E-state index is 13.0. The van der Waals surface area contributed by atoms with Crippen LogP contribution in [0.1, 0.15) is 31.8 Å². The molecule has 0 saturated carbocycles. The van der Waals surface area contributed by atoms with Gasteiger partial charge in [0, 0.05) is 10.6 Å². The van der Waals surface area contributed by atoms with Crippen LogP contribution in [0.5, 0.6) is 28.7 Å². The van der Waals surface area contributed by atoms with Gasteiger partial charge in [-0.1, -0.05) is 17.7 Å². The third kappa shape index (κ3) is 4.30. The molecular weight excluding hydrogens is 460 g/mol. The first-order chi connectivity index (χ1) is 16.4. The number of carbonyl (C=O) groups is 2. The van der Waals surface area contributed by atoms with Crippen molar-refractivity contribution in [3.8, 4) is 28.7 Å². The summed E-state index contributed by atoms with van der Waals surface area (Å²) < 4.78 is 27.5. The van der Waals surface area contributed by atoms with Gasteiger partial charge in [0.1, 0.15) is 11.5 Å². The Morgan fingerprint density at radius 2 is 1.65 bits per heavy atom. The van der Waals surface area contributed by atoms with Crippen molar-refractivity contribution in [2.45, 2.75) is 6.92 Å². The van der Waals surface area contributed by atoms with Gasteiger partial charge in [0.2, 0.25) is 11.5 Å². The summed E-state index contributed by atoms with van der Waals surface area (Å²) in [5.41, 5.74) is 1.83. The summed E-state index contributed by atoms with van der Waals surface area (Å²) in [5.74, 6) is 1.21. The molecule has 3 aromatic rings. The van der Waals surface area contributed by atoms with Crippen molar-refractivity contribution in [2.75, 3.05) is 21.3 Å². The molecule has 0 spiro atoms. The largest absolute Gasteiger partial charge is 0.493 e. The number of benzene rings is 3. The number of allylic oxidation sites excluding steroid dienone is 1. The van der Waals surface area contributed by atoms with E-state index in [1.54, 1.807) is 55.5 Å². The maximum absolute atomic E-state index is 13.0. The average Bonchev–Trinajstić information content (AvgIpc) is 3.15. The third-order valence-corrected chi connectivity index (χ3v) is 5.52. The fraction of sp³-hybridized carbons (Fsp3) is 0.154. The molecule has 0 atom stereocenters. The lowest BCUT2D eigenvalue weighted by molar-refractivity contribution is 0.0733. The van der Waals surface area contributed by atoms with Crippen LogP contribution in [-0.2, 0) is 0 Å². The van der Waals surface area contributed by atoms with E-state index in [4.69, 9.17) is 35.3 Å². The van der Waals surface area contributed by atoms with Gasteiger partial charge in [-0.25, -0.2) is 4.79 Å². The lowest BCUT2D eigenvalue weighted by Crippen LogP contribution is -2.09. The van der Waals surface area contributed by atoms with E-state index < -0.39 is 5.97 Å². The zero-order valence-corrected chi connectivity index (χ0v) is 19.7. The third-order valence-electron chi connectivity index (χ3n) is 5.28. The van der Waals surface area contributed by atoms with Gasteiger partial charge in [-0.05, 0) is 61.0 Å². The Balaban J connectivity index is 1.64. The SMILES string of the molecule is COc1cc(/C=C2\Oc3c(ccc(OC(=O)c4cccc(Cl)c4)c3C)C2=O)cc(OC)c1OC. The van der Waals surface area contributed by atoms with Gasteiger partial charge >= 0.3 is 5.97 Å². The molecule has 1 aliphatic rings. The first kappa shape index (κ1) is 23.2. The fourth-order valence-corrected chi connectivity index (χ4v) is 3.78. The zero-order chi connectivity index (χ0) is 24.4. The average molecular weight is 481 g/mol. The molecule has 174 valence electrons. The Morgan fingerprint density at radius 1 is 0.941 bits per heavy atom. The van der Waals surface area contributed by atoms with E-state index >= 15 is 0 Å². The number of ketones is 1. The van der Waals surface area contributed by atoms with Crippen molar-refractivity contribution < 1.29 is 33.3 Å². The summed E-state index contributed by atoms with van der Waals surface area (Å²) in [7, 11) is 4.53. The number of esters is 1. The molecule has 3 aromatic carbocycles. The van der Waals surface area contributed by atoms with Gasteiger partial charge in [-0.2, -0.15) is 0 Å². The molecule has 7 nitrogen and oxygen atoms in total. The van der Waals surface area contributed by atoms with Crippen molar-refractivity contribution in [3.05, 3.63) is 81.6 Å². The van der Waals surface area contributed by atoms with Crippen molar-refractivity contribution in [3.63, 3.8) is 0 Å². The number of fused-ring (bicyclic) bond motifs is 1. The van der Waals surface area contributed by atoms with Crippen LogP contribution in [0.25, 0.3) is 6.08 Å². The second-order valence-electron chi connectivity index (χ2n) is 7.36. The summed E-state index contributed by atoms with van der Waals surface area (Å²) >= 11 is 5.96. The molecule has 0 aromatic heterocycles. The Morgan fingerprint density at radius 3 is 2.26 bits per heavy atom. The number of hydrogen-bond donors (Lipinski definition) is 0. The molecule has 4 rings (SSSR count). The van der Waals surface area contributed by atoms with Gasteiger partial charge in [-0.15, -0.1) is 0 Å². The topological polar surface area (TPSA) is 80.3 Å². The quantitative estimate of drug-likeness (QED) is 0.261. The molecule has 34 heavy (non-hydrogen) atoms. The summed E-state index contributed by atoms with van der Waals surface area (Å²) in [6, 6.07) is 13.0. The summed E-state index contributed by atoms with van der Waals surface area (Å²) in [4.78, 5) is 25.5. The molecule has 1 aliphatic heterocycles. The molecule has 0 saturated heterocycles. The number of halogens is 1. The highest BCUT2D eigenvalue weighted by Gasteiger charge is 2.31. The number of Topliss-reactive ketones (excluding diaryl/α,β-unsaturated/α-hetero) is 1. The van der Waals surface area contributed by atoms with Crippen molar-refractivity contribution >= 4 is 29.4 Å². The van der Waals surface area contributed by atoms with Crippen LogP contribution in [0.3, 0.4) is 0 Å². The fourth-order valence-electron chi connectivity index (χ4n) is 3.59. The Kier molecular flexibility index (Phi) is 6.47. The molecule has 0 radical (unpaired) electrons. The highest BCUT2D eigenvalue weighted by molar-refractivity contribution is 6.30. The minimum absolute atomic E-state index is 0.116. The van der Waals surface area contributed by atoms with E-state index in [-0.39, 0.29) is 17.3 Å². The molecular formula is C26H21ClO7. The van der Waals surface area contributed by atoms with Crippen LogP contribution in [0, 0.1) is 6.92 Å². The van der Waals surface area contributed by atoms with Crippen molar-refractivity contribution in [1.82, 2.24) is 0 Å². The minimum atomic E-state index is -0.567. The standard InChI is InChI=1S/C26H21ClO7/c1-14-19(34-26(29)16-6-5-7-17(27)13-16)9-8-18-23(28)20(33-24(14)18)10-15-11-21(30-2)25(32-4)22(12-15)31-3/h5-13H,1-4H3/b20-10-. The van der Waals surface area contributed by atoms with E-state index in [1.165, 1.54) is 27.4 Å². The lowest BCUT2D eigenvalue weighted by Gasteiger charge is -2.13. The van der Waals surface area contributed by atoms with Crippen molar-refractivity contribution in [2.24, 2.45) is 0 Å². The van der Waals surface area contributed by atoms with Gasteiger partial charge in [-0.3, -0.25) is 4.79 Å². The zero-order valence-electron chi connectivity index (χ0n) is 18.9. The number of rotatable bonds is 6. The molecule has 0 fully saturated rings. The van der Waals surface area contributed by atoms with Crippen LogP contribution in [0.15, 0.2) is 54.3 Å². The van der Waals surface area contributed by atoms with E-state index in [1.807, 2.05) is 0 Å². The first-order valence-electron chi connectivity index (χ1n) is 10.2. The number of methoxy groups -OCH3 is 3. The predicted octanol–water partition coefficient (Wildman–Crippen LogP) is 5.51. The highest BCUT2D eigenvalue weighted by Crippen LogP contribution is 2.42. The van der Waals surface area contributed by atoms with E-state index in [0.717, 1.165) is 0 Å². The van der Waals surface area contributed by atoms with Crippen LogP contribution >= 0.6 is 11.6 Å². The van der Waals surface area contributed by atoms with E-state index in [2.05, 4.69) is 0 Å². The van der Waals surface area contributed by atoms with Crippen LogP contribution in [-0.4, -0.2) is 33.1 Å². The molecule has 0 aliphatic carbocycles. The highest BCUT2D eigenvalue weighted by atomic mass is 35.5. The second kappa shape index (κ2) is 9.49. The molecule has 0 bridgehead atoms. The van der Waals surface area contributed by atoms with Gasteiger partial charge in [0.05, 0.1) is 32.5 Å². The number of ether oxygens (including phenoxy) is 5. The molecule has 0 N–H and O–H groups in total. The summed E-state index contributed by atoms with van der Waals surface area (Å²) in [6.07, 6.45) is 1.59. The smallest absolute Gasteiger partial charge is 0.343 e. The monoisotopic (exact) mass is 480 g/mol. The minimum Gasteiger partial charge on any atom is -0.493 e. The molecule has 0 unspecified atom stereocenters. The first-order valence-corrected chi connectivity index (χ1v) is 10.6. The predicted molar refractivity (Wildman–Crippen MR) is 127 cm³/mol. The van der Waals surface area contributed by atoms with Gasteiger partial charge in [0.25, 0.3) is 0 Å². The Labute approximate surface area is 201 Å².